The quantitative estimate of drug-likeness (QED) is 0.849. The van der Waals surface area contributed by atoms with E-state index in [2.05, 4.69) is 5.32 Å². The Labute approximate surface area is 142 Å². The molecule has 1 amide bonds. The molecule has 0 fully saturated rings. The zero-order chi connectivity index (χ0) is 17.0. The molecular formula is C19H22ClNO2. The van der Waals surface area contributed by atoms with Gasteiger partial charge in [-0.1, -0.05) is 37.6 Å². The molecule has 2 rings (SSSR count). The molecule has 0 unspecified atom stereocenters. The molecule has 0 radical (unpaired) electrons. The van der Waals surface area contributed by atoms with Gasteiger partial charge in [0.15, 0.2) is 0 Å². The smallest absolute Gasteiger partial charge is 0.230 e. The summed E-state index contributed by atoms with van der Waals surface area (Å²) in [6.07, 6.45) is 0.644. The third-order valence-corrected chi connectivity index (χ3v) is 4.11. The number of aryl methyl sites for hydroxylation is 1. The number of ether oxygens (including phenoxy) is 1. The molecule has 0 saturated heterocycles. The van der Waals surface area contributed by atoms with Crippen LogP contribution in [0.1, 0.15) is 25.0 Å². The standard InChI is InChI=1S/C19H22ClNO2/c1-13-11-16(23-4)9-10-17(13)21-18(22)19(2,3)12-14-5-7-15(20)8-6-14/h5-11H,12H2,1-4H3,(H,21,22). The highest BCUT2D eigenvalue weighted by molar-refractivity contribution is 6.30. The summed E-state index contributed by atoms with van der Waals surface area (Å²) in [4.78, 5) is 12.6. The van der Waals surface area contributed by atoms with Gasteiger partial charge < -0.3 is 10.1 Å². The average molecular weight is 332 g/mol. The minimum Gasteiger partial charge on any atom is -0.497 e. The van der Waals surface area contributed by atoms with Crippen LogP contribution in [0.15, 0.2) is 42.5 Å². The number of rotatable bonds is 5. The zero-order valence-corrected chi connectivity index (χ0v) is 14.7. The number of hydrogen-bond acceptors (Lipinski definition) is 2. The Morgan fingerprint density at radius 3 is 2.39 bits per heavy atom. The van der Waals surface area contributed by atoms with Crippen LogP contribution >= 0.6 is 11.6 Å². The van der Waals surface area contributed by atoms with E-state index in [1.807, 2.05) is 63.2 Å². The van der Waals surface area contributed by atoms with Crippen molar-refractivity contribution in [3.8, 4) is 5.75 Å². The third-order valence-electron chi connectivity index (χ3n) is 3.86. The van der Waals surface area contributed by atoms with Crippen LogP contribution in [-0.2, 0) is 11.2 Å². The molecule has 0 aliphatic heterocycles. The lowest BCUT2D eigenvalue weighted by molar-refractivity contribution is -0.123. The molecule has 122 valence electrons. The van der Waals surface area contributed by atoms with E-state index in [9.17, 15) is 4.79 Å². The van der Waals surface area contributed by atoms with Crippen LogP contribution in [0.2, 0.25) is 5.02 Å². The maximum Gasteiger partial charge on any atom is 0.230 e. The number of anilines is 1. The molecule has 2 aromatic rings. The van der Waals surface area contributed by atoms with Gasteiger partial charge in [0.05, 0.1) is 7.11 Å². The fourth-order valence-corrected chi connectivity index (χ4v) is 2.51. The topological polar surface area (TPSA) is 38.3 Å². The number of nitrogens with one attached hydrogen (secondary N) is 1. The molecule has 3 nitrogen and oxygen atoms in total. The molecule has 0 aromatic heterocycles. The maximum atomic E-state index is 12.6. The van der Waals surface area contributed by atoms with E-state index in [-0.39, 0.29) is 5.91 Å². The van der Waals surface area contributed by atoms with Crippen molar-refractivity contribution >= 4 is 23.2 Å². The van der Waals surface area contributed by atoms with Crippen molar-refractivity contribution in [3.05, 3.63) is 58.6 Å². The summed E-state index contributed by atoms with van der Waals surface area (Å²) in [6, 6.07) is 13.2. The van der Waals surface area contributed by atoms with Crippen molar-refractivity contribution in [2.24, 2.45) is 5.41 Å². The number of hydrogen-bond donors (Lipinski definition) is 1. The van der Waals surface area contributed by atoms with Crippen molar-refractivity contribution in [3.63, 3.8) is 0 Å². The Kier molecular flexibility index (Phi) is 5.32. The fraction of sp³-hybridized carbons (Fsp3) is 0.316. The number of halogens is 1. The van der Waals surface area contributed by atoms with Gasteiger partial charge in [-0.15, -0.1) is 0 Å². The second-order valence-electron chi connectivity index (χ2n) is 6.32. The van der Waals surface area contributed by atoms with E-state index >= 15 is 0 Å². The minimum absolute atomic E-state index is 0.0132. The van der Waals surface area contributed by atoms with Gasteiger partial charge >= 0.3 is 0 Å². The van der Waals surface area contributed by atoms with Crippen molar-refractivity contribution in [1.29, 1.82) is 0 Å². The Hall–Kier alpha value is -2.00. The van der Waals surface area contributed by atoms with Gasteiger partial charge in [0.25, 0.3) is 0 Å². The first-order chi connectivity index (χ1) is 10.8. The lowest BCUT2D eigenvalue weighted by Gasteiger charge is -2.24. The van der Waals surface area contributed by atoms with E-state index in [0.29, 0.717) is 11.4 Å². The van der Waals surface area contributed by atoms with Gasteiger partial charge in [-0.25, -0.2) is 0 Å². The Balaban J connectivity index is 2.10. The number of carbonyl (C=O) groups excluding carboxylic acids is 1. The second kappa shape index (κ2) is 7.05. The van der Waals surface area contributed by atoms with Crippen LogP contribution in [0.25, 0.3) is 0 Å². The van der Waals surface area contributed by atoms with E-state index in [0.717, 1.165) is 22.6 Å². The van der Waals surface area contributed by atoms with Gasteiger partial charge in [0.1, 0.15) is 5.75 Å². The number of amides is 1. The number of benzene rings is 2. The zero-order valence-electron chi connectivity index (χ0n) is 13.9. The molecular weight excluding hydrogens is 310 g/mol. The molecule has 0 aliphatic rings. The lowest BCUT2D eigenvalue weighted by atomic mass is 9.84. The summed E-state index contributed by atoms with van der Waals surface area (Å²) >= 11 is 5.91. The summed E-state index contributed by atoms with van der Waals surface area (Å²) in [6.45, 7) is 5.83. The van der Waals surface area contributed by atoms with Gasteiger partial charge in [-0.05, 0) is 54.8 Å². The fourth-order valence-electron chi connectivity index (χ4n) is 2.39. The predicted octanol–water partition coefficient (Wildman–Crippen LogP) is 4.86. The van der Waals surface area contributed by atoms with Crippen LogP contribution < -0.4 is 10.1 Å². The SMILES string of the molecule is COc1ccc(NC(=O)C(C)(C)Cc2ccc(Cl)cc2)c(C)c1. The summed E-state index contributed by atoms with van der Waals surface area (Å²) in [5.41, 5.74) is 2.33. The molecule has 0 atom stereocenters. The van der Waals surface area contributed by atoms with Crippen LogP contribution in [-0.4, -0.2) is 13.0 Å². The molecule has 0 saturated carbocycles. The first-order valence-electron chi connectivity index (χ1n) is 7.52. The number of carbonyl (C=O) groups is 1. The first kappa shape index (κ1) is 17.4. The molecule has 0 aliphatic carbocycles. The molecule has 1 N–H and O–H groups in total. The normalized spacial score (nSPS) is 11.2. The molecule has 4 heteroatoms. The first-order valence-corrected chi connectivity index (χ1v) is 7.90. The van der Waals surface area contributed by atoms with Crippen molar-refractivity contribution in [1.82, 2.24) is 0 Å². The van der Waals surface area contributed by atoms with Gasteiger partial charge in [-0.3, -0.25) is 4.79 Å². The largest absolute Gasteiger partial charge is 0.497 e. The average Bonchev–Trinajstić information content (AvgIpc) is 2.51. The molecule has 0 heterocycles. The van der Waals surface area contributed by atoms with Gasteiger partial charge in [0.2, 0.25) is 5.91 Å². The Morgan fingerprint density at radius 2 is 1.83 bits per heavy atom. The highest BCUT2D eigenvalue weighted by Crippen LogP contribution is 2.27. The molecule has 23 heavy (non-hydrogen) atoms. The highest BCUT2D eigenvalue weighted by atomic mass is 35.5. The maximum absolute atomic E-state index is 12.6. The van der Waals surface area contributed by atoms with Crippen LogP contribution in [0.3, 0.4) is 0 Å². The van der Waals surface area contributed by atoms with E-state index < -0.39 is 5.41 Å². The van der Waals surface area contributed by atoms with Crippen molar-refractivity contribution in [2.45, 2.75) is 27.2 Å². The Morgan fingerprint density at radius 1 is 1.17 bits per heavy atom. The van der Waals surface area contributed by atoms with E-state index in [1.54, 1.807) is 7.11 Å². The van der Waals surface area contributed by atoms with Gasteiger partial charge in [0, 0.05) is 16.1 Å². The lowest BCUT2D eigenvalue weighted by Crippen LogP contribution is -2.33. The predicted molar refractivity (Wildman–Crippen MR) is 95.3 cm³/mol. The summed E-state index contributed by atoms with van der Waals surface area (Å²) in [5, 5.41) is 3.71. The van der Waals surface area contributed by atoms with Gasteiger partial charge in [-0.2, -0.15) is 0 Å². The minimum atomic E-state index is -0.528. The Bertz CT molecular complexity index is 693. The third kappa shape index (κ3) is 4.49. The monoisotopic (exact) mass is 331 g/mol. The molecule has 2 aromatic carbocycles. The van der Waals surface area contributed by atoms with Crippen molar-refractivity contribution < 1.29 is 9.53 Å². The highest BCUT2D eigenvalue weighted by Gasteiger charge is 2.28. The summed E-state index contributed by atoms with van der Waals surface area (Å²) in [7, 11) is 1.63. The van der Waals surface area contributed by atoms with Crippen LogP contribution in [0, 0.1) is 12.3 Å². The molecule has 0 bridgehead atoms. The molecule has 0 spiro atoms. The summed E-state index contributed by atoms with van der Waals surface area (Å²) < 4.78 is 5.19. The van der Waals surface area contributed by atoms with Crippen LogP contribution in [0.4, 0.5) is 5.69 Å². The van der Waals surface area contributed by atoms with Crippen molar-refractivity contribution in [2.75, 3.05) is 12.4 Å². The van der Waals surface area contributed by atoms with E-state index in [1.165, 1.54) is 0 Å². The second-order valence-corrected chi connectivity index (χ2v) is 6.76. The number of methoxy groups -OCH3 is 1. The summed E-state index contributed by atoms with van der Waals surface area (Å²) in [5.74, 6) is 0.765. The van der Waals surface area contributed by atoms with Crippen LogP contribution in [0.5, 0.6) is 5.75 Å². The van der Waals surface area contributed by atoms with E-state index in [4.69, 9.17) is 16.3 Å².